The van der Waals surface area contributed by atoms with Crippen molar-refractivity contribution in [2.24, 2.45) is 0 Å². The van der Waals surface area contributed by atoms with Crippen LogP contribution in [0.25, 0.3) is 11.3 Å². The minimum Gasteiger partial charge on any atom is -0.494 e. The zero-order valence-corrected chi connectivity index (χ0v) is 14.4. The number of aromatic nitrogens is 3. The fraction of sp³-hybridized carbons (Fsp3) is 0.500. The van der Waals surface area contributed by atoms with Crippen molar-refractivity contribution >= 4 is 5.97 Å². The van der Waals surface area contributed by atoms with Crippen molar-refractivity contribution in [1.82, 2.24) is 15.4 Å². The van der Waals surface area contributed by atoms with Crippen LogP contribution in [-0.2, 0) is 4.74 Å². The van der Waals surface area contributed by atoms with Gasteiger partial charge in [-0.2, -0.15) is 10.3 Å². The Morgan fingerprint density at radius 3 is 2.50 bits per heavy atom. The van der Waals surface area contributed by atoms with E-state index in [4.69, 9.17) is 9.47 Å². The lowest BCUT2D eigenvalue weighted by atomic mass is 10.1. The predicted molar refractivity (Wildman–Crippen MR) is 92.0 cm³/mol. The van der Waals surface area contributed by atoms with E-state index in [0.29, 0.717) is 12.3 Å². The van der Waals surface area contributed by atoms with Crippen LogP contribution in [-0.4, -0.2) is 34.6 Å². The number of hydrogen-bond donors (Lipinski definition) is 1. The first-order valence-corrected chi connectivity index (χ1v) is 8.57. The highest BCUT2D eigenvalue weighted by atomic mass is 16.5. The molecule has 0 spiro atoms. The van der Waals surface area contributed by atoms with E-state index in [9.17, 15) is 4.79 Å². The quantitative estimate of drug-likeness (QED) is 0.526. The molecule has 1 aromatic heterocycles. The lowest BCUT2D eigenvalue weighted by molar-refractivity contribution is 0.0520. The van der Waals surface area contributed by atoms with Crippen LogP contribution in [0.4, 0.5) is 0 Å². The van der Waals surface area contributed by atoms with Crippen LogP contribution in [0, 0.1) is 0 Å². The van der Waals surface area contributed by atoms with Gasteiger partial charge >= 0.3 is 5.97 Å². The van der Waals surface area contributed by atoms with Gasteiger partial charge in [-0.25, -0.2) is 4.79 Å². The van der Waals surface area contributed by atoms with Crippen molar-refractivity contribution in [3.63, 3.8) is 0 Å². The first-order valence-electron chi connectivity index (χ1n) is 8.57. The van der Waals surface area contributed by atoms with Crippen molar-refractivity contribution in [1.29, 1.82) is 0 Å². The van der Waals surface area contributed by atoms with Gasteiger partial charge in [-0.3, -0.25) is 0 Å². The molecular formula is C18H25N3O3. The van der Waals surface area contributed by atoms with Gasteiger partial charge in [-0.05, 0) is 37.6 Å². The zero-order valence-electron chi connectivity index (χ0n) is 14.4. The summed E-state index contributed by atoms with van der Waals surface area (Å²) in [6.45, 7) is 4.99. The van der Waals surface area contributed by atoms with Gasteiger partial charge in [0.25, 0.3) is 0 Å². The number of esters is 1. The number of H-pyrrole nitrogens is 1. The number of carbonyl (C=O) groups is 1. The van der Waals surface area contributed by atoms with E-state index in [1.54, 1.807) is 6.92 Å². The van der Waals surface area contributed by atoms with Crippen LogP contribution in [0.15, 0.2) is 24.3 Å². The molecule has 0 aliphatic heterocycles. The molecule has 6 heteroatoms. The minimum absolute atomic E-state index is 0.196. The molecule has 0 saturated heterocycles. The van der Waals surface area contributed by atoms with Crippen molar-refractivity contribution in [3.8, 4) is 17.0 Å². The number of hydrogen-bond acceptors (Lipinski definition) is 5. The van der Waals surface area contributed by atoms with E-state index in [2.05, 4.69) is 22.3 Å². The number of unbranched alkanes of at least 4 members (excludes halogenated alkanes) is 4. The lowest BCUT2D eigenvalue weighted by Crippen LogP contribution is -2.06. The highest BCUT2D eigenvalue weighted by Gasteiger charge is 2.18. The monoisotopic (exact) mass is 331 g/mol. The molecule has 1 heterocycles. The maximum absolute atomic E-state index is 11.8. The Morgan fingerprint density at radius 1 is 1.04 bits per heavy atom. The standard InChI is InChI=1S/C18H25N3O3/c1-3-5-6-7-8-13-24-15-11-9-14(10-12-15)16-17(20-21-19-16)18(22)23-4-2/h9-12H,3-8,13H2,1-2H3,(H,19,20,21). The van der Waals surface area contributed by atoms with E-state index in [1.165, 1.54) is 25.7 Å². The molecule has 0 unspecified atom stereocenters. The van der Waals surface area contributed by atoms with Crippen molar-refractivity contribution < 1.29 is 14.3 Å². The van der Waals surface area contributed by atoms with Crippen LogP contribution >= 0.6 is 0 Å². The molecular weight excluding hydrogens is 306 g/mol. The van der Waals surface area contributed by atoms with E-state index >= 15 is 0 Å². The van der Waals surface area contributed by atoms with Gasteiger partial charge in [0, 0.05) is 5.56 Å². The largest absolute Gasteiger partial charge is 0.494 e. The molecule has 130 valence electrons. The van der Waals surface area contributed by atoms with Gasteiger partial charge in [-0.1, -0.05) is 32.6 Å². The first kappa shape index (κ1) is 18.0. The molecule has 2 rings (SSSR count). The number of nitrogens with one attached hydrogen (secondary N) is 1. The van der Waals surface area contributed by atoms with E-state index in [0.717, 1.165) is 24.3 Å². The molecule has 0 amide bonds. The number of ether oxygens (including phenoxy) is 2. The molecule has 6 nitrogen and oxygen atoms in total. The average molecular weight is 331 g/mol. The summed E-state index contributed by atoms with van der Waals surface area (Å²) in [4.78, 5) is 11.8. The summed E-state index contributed by atoms with van der Waals surface area (Å²) in [5, 5.41) is 10.4. The Bertz CT molecular complexity index is 623. The van der Waals surface area contributed by atoms with Gasteiger partial charge in [0.05, 0.1) is 13.2 Å². The van der Waals surface area contributed by atoms with Crippen molar-refractivity contribution in [3.05, 3.63) is 30.0 Å². The number of rotatable bonds is 10. The van der Waals surface area contributed by atoms with Crippen molar-refractivity contribution in [2.45, 2.75) is 46.0 Å². The summed E-state index contributed by atoms with van der Waals surface area (Å²) in [6, 6.07) is 7.50. The van der Waals surface area contributed by atoms with Crippen LogP contribution in [0.1, 0.15) is 56.4 Å². The third-order valence-corrected chi connectivity index (χ3v) is 3.66. The van der Waals surface area contributed by atoms with Crippen LogP contribution in [0.5, 0.6) is 5.75 Å². The summed E-state index contributed by atoms with van der Waals surface area (Å²) < 4.78 is 10.7. The maximum Gasteiger partial charge on any atom is 0.361 e. The number of benzene rings is 1. The molecule has 0 aliphatic rings. The molecule has 0 aliphatic carbocycles. The van der Waals surface area contributed by atoms with Gasteiger partial charge in [-0.15, -0.1) is 5.10 Å². The highest BCUT2D eigenvalue weighted by Crippen LogP contribution is 2.23. The maximum atomic E-state index is 11.8. The Hall–Kier alpha value is -2.37. The second kappa shape index (κ2) is 9.70. The van der Waals surface area contributed by atoms with Crippen LogP contribution in [0.2, 0.25) is 0 Å². The smallest absolute Gasteiger partial charge is 0.361 e. The van der Waals surface area contributed by atoms with Gasteiger partial charge < -0.3 is 9.47 Å². The minimum atomic E-state index is -0.478. The summed E-state index contributed by atoms with van der Waals surface area (Å²) >= 11 is 0. The molecule has 2 aromatic rings. The Labute approximate surface area is 142 Å². The third kappa shape index (κ3) is 5.08. The molecule has 0 bridgehead atoms. The molecule has 1 N–H and O–H groups in total. The Balaban J connectivity index is 1.90. The molecule has 1 aromatic carbocycles. The predicted octanol–water partition coefficient (Wildman–Crippen LogP) is 4.00. The Morgan fingerprint density at radius 2 is 1.79 bits per heavy atom. The van der Waals surface area contributed by atoms with Gasteiger partial charge in [0.15, 0.2) is 5.69 Å². The third-order valence-electron chi connectivity index (χ3n) is 3.66. The Kier molecular flexibility index (Phi) is 7.26. The molecule has 24 heavy (non-hydrogen) atoms. The van der Waals surface area contributed by atoms with Gasteiger partial charge in [0.2, 0.25) is 0 Å². The summed E-state index contributed by atoms with van der Waals surface area (Å²) in [7, 11) is 0. The highest BCUT2D eigenvalue weighted by molar-refractivity contribution is 5.93. The second-order valence-corrected chi connectivity index (χ2v) is 5.53. The van der Waals surface area contributed by atoms with Crippen LogP contribution in [0.3, 0.4) is 0 Å². The molecule has 0 atom stereocenters. The fourth-order valence-electron chi connectivity index (χ4n) is 2.38. The molecule has 0 saturated carbocycles. The fourth-order valence-corrected chi connectivity index (χ4v) is 2.38. The first-order chi connectivity index (χ1) is 11.8. The van der Waals surface area contributed by atoms with Gasteiger partial charge in [0.1, 0.15) is 11.4 Å². The number of aromatic amines is 1. The number of carbonyl (C=O) groups excluding carboxylic acids is 1. The topological polar surface area (TPSA) is 77.1 Å². The van der Waals surface area contributed by atoms with E-state index in [1.807, 2.05) is 24.3 Å². The summed E-state index contributed by atoms with van der Waals surface area (Å²) in [5.74, 6) is 0.337. The average Bonchev–Trinajstić information content (AvgIpc) is 3.08. The number of nitrogens with zero attached hydrogens (tertiary/aromatic N) is 2. The van der Waals surface area contributed by atoms with Crippen LogP contribution < -0.4 is 4.74 Å². The normalized spacial score (nSPS) is 10.6. The summed E-state index contributed by atoms with van der Waals surface area (Å²) in [6.07, 6.45) is 6.07. The second-order valence-electron chi connectivity index (χ2n) is 5.53. The zero-order chi connectivity index (χ0) is 17.2. The molecule has 0 radical (unpaired) electrons. The lowest BCUT2D eigenvalue weighted by Gasteiger charge is -2.07. The molecule has 0 fully saturated rings. The SMILES string of the molecule is CCCCCCCOc1ccc(-c2n[nH]nc2C(=O)OCC)cc1. The summed E-state index contributed by atoms with van der Waals surface area (Å²) in [5.41, 5.74) is 1.48. The van der Waals surface area contributed by atoms with Crippen molar-refractivity contribution in [2.75, 3.05) is 13.2 Å². The van der Waals surface area contributed by atoms with E-state index < -0.39 is 5.97 Å². The van der Waals surface area contributed by atoms with E-state index in [-0.39, 0.29) is 5.69 Å².